The Morgan fingerprint density at radius 1 is 1.43 bits per heavy atom. The summed E-state index contributed by atoms with van der Waals surface area (Å²) >= 11 is 1.61. The summed E-state index contributed by atoms with van der Waals surface area (Å²) in [7, 11) is 0. The van der Waals surface area contributed by atoms with Crippen LogP contribution in [0.4, 0.5) is 5.13 Å². The Labute approximate surface area is 141 Å². The molecule has 2 aromatic rings. The predicted molar refractivity (Wildman–Crippen MR) is 95.3 cm³/mol. The lowest BCUT2D eigenvalue weighted by atomic mass is 10.1. The number of aromatic nitrogens is 1. The van der Waals surface area contributed by atoms with Crippen LogP contribution in [-0.4, -0.2) is 30.1 Å². The highest BCUT2D eigenvalue weighted by Gasteiger charge is 2.27. The zero-order chi connectivity index (χ0) is 16.6. The molecule has 0 aliphatic carbocycles. The van der Waals surface area contributed by atoms with E-state index in [-0.39, 0.29) is 17.9 Å². The molecule has 0 saturated carbocycles. The highest BCUT2D eigenvalue weighted by Crippen LogP contribution is 2.33. The van der Waals surface area contributed by atoms with Crippen molar-refractivity contribution in [3.63, 3.8) is 0 Å². The SMILES string of the molecule is Cc1cc(C)c2sc(N(CC3CCCO3)C(=O)C(C)C)nc2c1. The maximum absolute atomic E-state index is 12.7. The number of amides is 1. The minimum Gasteiger partial charge on any atom is -0.376 e. The molecular formula is C18H24N2O2S. The lowest BCUT2D eigenvalue weighted by Crippen LogP contribution is -2.39. The van der Waals surface area contributed by atoms with Crippen molar-refractivity contribution in [2.45, 2.75) is 46.6 Å². The van der Waals surface area contributed by atoms with E-state index in [9.17, 15) is 4.79 Å². The van der Waals surface area contributed by atoms with Gasteiger partial charge in [-0.25, -0.2) is 4.98 Å². The minimum atomic E-state index is -0.0498. The molecule has 2 heterocycles. The Morgan fingerprint density at radius 2 is 2.22 bits per heavy atom. The molecule has 4 nitrogen and oxygen atoms in total. The summed E-state index contributed by atoms with van der Waals surface area (Å²) in [5.41, 5.74) is 3.40. The van der Waals surface area contributed by atoms with Gasteiger partial charge < -0.3 is 4.74 Å². The lowest BCUT2D eigenvalue weighted by Gasteiger charge is -2.24. The zero-order valence-electron chi connectivity index (χ0n) is 14.3. The second-order valence-electron chi connectivity index (χ2n) is 6.67. The van der Waals surface area contributed by atoms with E-state index in [2.05, 4.69) is 26.0 Å². The van der Waals surface area contributed by atoms with Crippen LogP contribution in [0.15, 0.2) is 12.1 Å². The fourth-order valence-electron chi connectivity index (χ4n) is 3.05. The maximum Gasteiger partial charge on any atom is 0.231 e. The largest absolute Gasteiger partial charge is 0.376 e. The molecule has 3 rings (SSSR count). The van der Waals surface area contributed by atoms with Crippen molar-refractivity contribution < 1.29 is 9.53 Å². The highest BCUT2D eigenvalue weighted by atomic mass is 32.1. The van der Waals surface area contributed by atoms with E-state index in [4.69, 9.17) is 9.72 Å². The van der Waals surface area contributed by atoms with Crippen LogP contribution >= 0.6 is 11.3 Å². The summed E-state index contributed by atoms with van der Waals surface area (Å²) in [5, 5.41) is 0.794. The molecule has 1 fully saturated rings. The number of anilines is 1. The van der Waals surface area contributed by atoms with Crippen LogP contribution in [0.2, 0.25) is 0 Å². The van der Waals surface area contributed by atoms with Crippen molar-refractivity contribution in [1.29, 1.82) is 0 Å². The fraction of sp³-hybridized carbons (Fsp3) is 0.556. The van der Waals surface area contributed by atoms with E-state index >= 15 is 0 Å². The number of carbonyl (C=O) groups is 1. The molecule has 1 atom stereocenters. The van der Waals surface area contributed by atoms with Gasteiger partial charge in [-0.3, -0.25) is 9.69 Å². The summed E-state index contributed by atoms with van der Waals surface area (Å²) < 4.78 is 6.90. The summed E-state index contributed by atoms with van der Waals surface area (Å²) in [6.07, 6.45) is 2.23. The number of benzene rings is 1. The van der Waals surface area contributed by atoms with Crippen molar-refractivity contribution in [1.82, 2.24) is 4.98 Å². The number of aryl methyl sites for hydroxylation is 2. The summed E-state index contributed by atoms with van der Waals surface area (Å²) in [4.78, 5) is 19.3. The monoisotopic (exact) mass is 332 g/mol. The van der Waals surface area contributed by atoms with Gasteiger partial charge in [0.25, 0.3) is 0 Å². The first kappa shape index (κ1) is 16.4. The van der Waals surface area contributed by atoms with Crippen molar-refractivity contribution in [3.8, 4) is 0 Å². The molecule has 124 valence electrons. The summed E-state index contributed by atoms with van der Waals surface area (Å²) in [6, 6.07) is 4.26. The average Bonchev–Trinajstić information content (AvgIpc) is 3.12. The number of hydrogen-bond acceptors (Lipinski definition) is 4. The molecule has 23 heavy (non-hydrogen) atoms. The van der Waals surface area contributed by atoms with Gasteiger partial charge in [0, 0.05) is 12.5 Å². The molecule has 1 aromatic carbocycles. The Kier molecular flexibility index (Phi) is 4.69. The average molecular weight is 332 g/mol. The van der Waals surface area contributed by atoms with Crippen LogP contribution in [0.3, 0.4) is 0 Å². The molecule has 1 aromatic heterocycles. The second kappa shape index (κ2) is 6.57. The van der Waals surface area contributed by atoms with Crippen LogP contribution in [0.1, 0.15) is 37.8 Å². The van der Waals surface area contributed by atoms with Gasteiger partial charge in [0.1, 0.15) is 0 Å². The van der Waals surface area contributed by atoms with Gasteiger partial charge in [0.15, 0.2) is 5.13 Å². The normalized spacial score (nSPS) is 18.0. The minimum absolute atomic E-state index is 0.0498. The molecule has 1 unspecified atom stereocenters. The van der Waals surface area contributed by atoms with Gasteiger partial charge in [0.2, 0.25) is 5.91 Å². The van der Waals surface area contributed by atoms with Crippen LogP contribution in [0.25, 0.3) is 10.2 Å². The van der Waals surface area contributed by atoms with Crippen LogP contribution in [-0.2, 0) is 9.53 Å². The summed E-state index contributed by atoms with van der Waals surface area (Å²) in [6.45, 7) is 9.46. The van der Waals surface area contributed by atoms with Crippen LogP contribution in [0.5, 0.6) is 0 Å². The van der Waals surface area contributed by atoms with E-state index in [1.807, 2.05) is 18.7 Å². The number of rotatable bonds is 4. The number of carbonyl (C=O) groups excluding carboxylic acids is 1. The maximum atomic E-state index is 12.7. The van der Waals surface area contributed by atoms with Gasteiger partial charge in [-0.1, -0.05) is 31.3 Å². The second-order valence-corrected chi connectivity index (χ2v) is 7.64. The quantitative estimate of drug-likeness (QED) is 0.847. The number of ether oxygens (including phenoxy) is 1. The van der Waals surface area contributed by atoms with Crippen LogP contribution in [0, 0.1) is 19.8 Å². The van der Waals surface area contributed by atoms with E-state index in [0.717, 1.165) is 30.1 Å². The molecule has 1 amide bonds. The fourth-order valence-corrected chi connectivity index (χ4v) is 4.08. The number of hydrogen-bond donors (Lipinski definition) is 0. The Hall–Kier alpha value is -1.46. The van der Waals surface area contributed by atoms with Crippen molar-refractivity contribution in [3.05, 3.63) is 23.3 Å². The molecule has 1 saturated heterocycles. The third-order valence-electron chi connectivity index (χ3n) is 4.21. The van der Waals surface area contributed by atoms with Crippen molar-refractivity contribution in [2.24, 2.45) is 5.92 Å². The van der Waals surface area contributed by atoms with E-state index in [1.54, 1.807) is 11.3 Å². The first-order valence-corrected chi connectivity index (χ1v) is 9.08. The molecule has 5 heteroatoms. The highest BCUT2D eigenvalue weighted by molar-refractivity contribution is 7.22. The standard InChI is InChI=1S/C18H24N2O2S/c1-11(2)17(21)20(10-14-6-5-7-22-14)18-19-15-9-12(3)8-13(4)16(15)23-18/h8-9,11,14H,5-7,10H2,1-4H3. The van der Waals surface area contributed by atoms with Crippen LogP contribution < -0.4 is 4.90 Å². The van der Waals surface area contributed by atoms with Gasteiger partial charge >= 0.3 is 0 Å². The summed E-state index contributed by atoms with van der Waals surface area (Å²) in [5.74, 6) is 0.0696. The Bertz CT molecular complexity index is 717. The van der Waals surface area contributed by atoms with Gasteiger partial charge in [-0.05, 0) is 43.9 Å². The van der Waals surface area contributed by atoms with Gasteiger partial charge in [0.05, 0.1) is 22.9 Å². The zero-order valence-corrected chi connectivity index (χ0v) is 15.1. The van der Waals surface area contributed by atoms with E-state index in [1.165, 1.54) is 15.8 Å². The number of nitrogens with zero attached hydrogens (tertiary/aromatic N) is 2. The van der Waals surface area contributed by atoms with E-state index in [0.29, 0.717) is 6.54 Å². The van der Waals surface area contributed by atoms with E-state index < -0.39 is 0 Å². The predicted octanol–water partition coefficient (Wildman–Crippen LogP) is 4.08. The molecule has 0 bridgehead atoms. The molecule has 0 radical (unpaired) electrons. The molecule has 0 N–H and O–H groups in total. The Balaban J connectivity index is 1.97. The number of fused-ring (bicyclic) bond motifs is 1. The van der Waals surface area contributed by atoms with Crippen molar-refractivity contribution in [2.75, 3.05) is 18.1 Å². The lowest BCUT2D eigenvalue weighted by molar-refractivity contribution is -0.121. The number of thiazole rings is 1. The third kappa shape index (κ3) is 3.40. The van der Waals surface area contributed by atoms with Gasteiger partial charge in [-0.2, -0.15) is 0 Å². The molecule has 0 spiro atoms. The first-order valence-electron chi connectivity index (χ1n) is 8.26. The van der Waals surface area contributed by atoms with Gasteiger partial charge in [-0.15, -0.1) is 0 Å². The third-order valence-corrected chi connectivity index (χ3v) is 5.44. The molecule has 1 aliphatic rings. The first-order chi connectivity index (χ1) is 11.0. The van der Waals surface area contributed by atoms with Crippen molar-refractivity contribution >= 4 is 32.6 Å². The Morgan fingerprint density at radius 3 is 2.87 bits per heavy atom. The smallest absolute Gasteiger partial charge is 0.231 e. The molecule has 1 aliphatic heterocycles. The molecular weight excluding hydrogens is 308 g/mol. The topological polar surface area (TPSA) is 42.4 Å².